The maximum atomic E-state index is 11.4. The number of rotatable bonds is 3. The van der Waals surface area contributed by atoms with Crippen molar-refractivity contribution in [1.82, 2.24) is 0 Å². The summed E-state index contributed by atoms with van der Waals surface area (Å²) in [6, 6.07) is -0.605. The van der Waals surface area contributed by atoms with Gasteiger partial charge in [-0.05, 0) is 12.8 Å². The first-order valence-electron chi connectivity index (χ1n) is 4.62. The largest absolute Gasteiger partial charge is 0.299 e. The standard InChI is InChI=1S/C9H15NO3/c1-7(10(12)13)6-9(2)5-3-4-8(9)11/h7H,3-6H2,1-2H3/t7?,9-/m1/s1. The number of Topliss-reactive ketones (excluding diaryl/α,β-unsaturated/α-hetero) is 1. The van der Waals surface area contributed by atoms with E-state index in [1.54, 1.807) is 6.92 Å². The van der Waals surface area contributed by atoms with E-state index in [1.807, 2.05) is 6.92 Å². The van der Waals surface area contributed by atoms with Crippen LogP contribution in [0.5, 0.6) is 0 Å². The van der Waals surface area contributed by atoms with Crippen molar-refractivity contribution in [1.29, 1.82) is 0 Å². The molecule has 1 saturated carbocycles. The molecule has 0 spiro atoms. The maximum Gasteiger partial charge on any atom is 0.211 e. The molecular weight excluding hydrogens is 170 g/mol. The topological polar surface area (TPSA) is 60.2 Å². The van der Waals surface area contributed by atoms with Crippen LogP contribution in [0.1, 0.15) is 39.5 Å². The lowest BCUT2D eigenvalue weighted by Crippen LogP contribution is -2.29. The van der Waals surface area contributed by atoms with E-state index in [-0.39, 0.29) is 10.7 Å². The van der Waals surface area contributed by atoms with Crippen LogP contribution in [-0.2, 0) is 4.79 Å². The van der Waals surface area contributed by atoms with Crippen LogP contribution in [0.3, 0.4) is 0 Å². The third-order valence-corrected chi connectivity index (χ3v) is 2.91. The Labute approximate surface area is 77.5 Å². The summed E-state index contributed by atoms with van der Waals surface area (Å²) >= 11 is 0. The second kappa shape index (κ2) is 3.44. The number of nitro groups is 1. The molecular formula is C9H15NO3. The molecule has 0 aliphatic heterocycles. The van der Waals surface area contributed by atoms with E-state index in [4.69, 9.17) is 0 Å². The zero-order valence-corrected chi connectivity index (χ0v) is 8.08. The highest BCUT2D eigenvalue weighted by Crippen LogP contribution is 2.38. The Kier molecular flexibility index (Phi) is 2.68. The fourth-order valence-electron chi connectivity index (χ4n) is 2.02. The van der Waals surface area contributed by atoms with Gasteiger partial charge in [0.25, 0.3) is 0 Å². The highest BCUT2D eigenvalue weighted by atomic mass is 16.6. The van der Waals surface area contributed by atoms with E-state index in [9.17, 15) is 14.9 Å². The molecule has 0 amide bonds. The quantitative estimate of drug-likeness (QED) is 0.497. The molecule has 1 aliphatic rings. The molecule has 0 N–H and O–H groups in total. The first-order valence-corrected chi connectivity index (χ1v) is 4.62. The van der Waals surface area contributed by atoms with Crippen LogP contribution in [0.4, 0.5) is 0 Å². The SMILES string of the molecule is CC(C[C@@]1(C)CCCC1=O)[N+](=O)[O-]. The van der Waals surface area contributed by atoms with E-state index < -0.39 is 11.5 Å². The molecule has 0 saturated heterocycles. The Hall–Kier alpha value is -0.930. The predicted molar refractivity (Wildman–Crippen MR) is 48.0 cm³/mol. The van der Waals surface area contributed by atoms with Gasteiger partial charge in [0.1, 0.15) is 5.78 Å². The van der Waals surface area contributed by atoms with Gasteiger partial charge in [-0.25, -0.2) is 0 Å². The molecule has 4 heteroatoms. The molecule has 0 bridgehead atoms. The summed E-state index contributed by atoms with van der Waals surface area (Å²) in [6.07, 6.45) is 2.68. The zero-order valence-electron chi connectivity index (χ0n) is 8.08. The Morgan fingerprint density at radius 1 is 1.69 bits per heavy atom. The van der Waals surface area contributed by atoms with Gasteiger partial charge in [-0.1, -0.05) is 6.92 Å². The van der Waals surface area contributed by atoms with Crippen molar-refractivity contribution in [3.05, 3.63) is 10.1 Å². The lowest BCUT2D eigenvalue weighted by Gasteiger charge is -2.21. The number of ketones is 1. The Balaban J connectivity index is 2.61. The third kappa shape index (κ3) is 2.05. The monoisotopic (exact) mass is 185 g/mol. The maximum absolute atomic E-state index is 11.4. The van der Waals surface area contributed by atoms with Crippen molar-refractivity contribution in [2.24, 2.45) is 5.41 Å². The summed E-state index contributed by atoms with van der Waals surface area (Å²) < 4.78 is 0. The Bertz CT molecular complexity index is 239. The molecule has 0 radical (unpaired) electrons. The van der Waals surface area contributed by atoms with Crippen LogP contribution in [0.15, 0.2) is 0 Å². The van der Waals surface area contributed by atoms with Crippen LogP contribution in [0.25, 0.3) is 0 Å². The predicted octanol–water partition coefficient (Wildman–Crippen LogP) is 1.80. The molecule has 0 aromatic rings. The molecule has 13 heavy (non-hydrogen) atoms. The van der Waals surface area contributed by atoms with Crippen molar-refractivity contribution in [2.45, 2.75) is 45.6 Å². The van der Waals surface area contributed by atoms with E-state index in [0.717, 1.165) is 12.8 Å². The lowest BCUT2D eigenvalue weighted by molar-refractivity contribution is -0.521. The van der Waals surface area contributed by atoms with Gasteiger partial charge in [-0.3, -0.25) is 14.9 Å². The van der Waals surface area contributed by atoms with Gasteiger partial charge in [0.05, 0.1) is 0 Å². The first kappa shape index (κ1) is 10.2. The van der Waals surface area contributed by atoms with Gasteiger partial charge < -0.3 is 0 Å². The van der Waals surface area contributed by atoms with Crippen molar-refractivity contribution < 1.29 is 9.72 Å². The molecule has 4 nitrogen and oxygen atoms in total. The summed E-state index contributed by atoms with van der Waals surface area (Å²) in [5.41, 5.74) is -0.424. The molecule has 74 valence electrons. The van der Waals surface area contributed by atoms with Gasteiger partial charge in [-0.15, -0.1) is 0 Å². The van der Waals surface area contributed by atoms with Crippen LogP contribution >= 0.6 is 0 Å². The lowest BCUT2D eigenvalue weighted by atomic mass is 9.82. The Morgan fingerprint density at radius 2 is 2.31 bits per heavy atom. The van der Waals surface area contributed by atoms with E-state index in [1.165, 1.54) is 0 Å². The van der Waals surface area contributed by atoms with Crippen LogP contribution in [0.2, 0.25) is 0 Å². The van der Waals surface area contributed by atoms with E-state index in [0.29, 0.717) is 12.8 Å². The number of nitrogens with zero attached hydrogens (tertiary/aromatic N) is 1. The third-order valence-electron chi connectivity index (χ3n) is 2.91. The van der Waals surface area contributed by atoms with Crippen molar-refractivity contribution >= 4 is 5.78 Å². The van der Waals surface area contributed by atoms with Crippen molar-refractivity contribution in [2.75, 3.05) is 0 Å². The molecule has 1 rings (SSSR count). The smallest absolute Gasteiger partial charge is 0.211 e. The summed E-state index contributed by atoms with van der Waals surface area (Å²) in [4.78, 5) is 21.6. The van der Waals surface area contributed by atoms with Crippen molar-refractivity contribution in [3.8, 4) is 0 Å². The van der Waals surface area contributed by atoms with E-state index >= 15 is 0 Å². The fraction of sp³-hybridized carbons (Fsp3) is 0.889. The van der Waals surface area contributed by atoms with Crippen LogP contribution in [-0.4, -0.2) is 16.7 Å². The number of hydrogen-bond donors (Lipinski definition) is 0. The second-order valence-electron chi connectivity index (χ2n) is 4.18. The number of carbonyl (C=O) groups is 1. The summed E-state index contributed by atoms with van der Waals surface area (Å²) in [5.74, 6) is 0.196. The van der Waals surface area contributed by atoms with Gasteiger partial charge in [0, 0.05) is 30.1 Å². The average Bonchev–Trinajstić information content (AvgIpc) is 2.32. The minimum atomic E-state index is -0.605. The normalized spacial score (nSPS) is 30.5. The van der Waals surface area contributed by atoms with Gasteiger partial charge in [0.2, 0.25) is 6.04 Å². The molecule has 1 unspecified atom stereocenters. The number of hydrogen-bond acceptors (Lipinski definition) is 3. The highest BCUT2D eigenvalue weighted by molar-refractivity contribution is 5.86. The molecule has 1 fully saturated rings. The second-order valence-corrected chi connectivity index (χ2v) is 4.18. The van der Waals surface area contributed by atoms with Gasteiger partial charge in [0.15, 0.2) is 0 Å². The summed E-state index contributed by atoms with van der Waals surface area (Å²) in [7, 11) is 0. The van der Waals surface area contributed by atoms with Crippen molar-refractivity contribution in [3.63, 3.8) is 0 Å². The number of carbonyl (C=O) groups excluding carboxylic acids is 1. The molecule has 0 aromatic carbocycles. The zero-order chi connectivity index (χ0) is 10.1. The average molecular weight is 185 g/mol. The Morgan fingerprint density at radius 3 is 2.69 bits per heavy atom. The van der Waals surface area contributed by atoms with Gasteiger partial charge in [-0.2, -0.15) is 0 Å². The van der Waals surface area contributed by atoms with E-state index in [2.05, 4.69) is 0 Å². The van der Waals surface area contributed by atoms with Crippen LogP contribution < -0.4 is 0 Å². The molecule has 0 aromatic heterocycles. The summed E-state index contributed by atoms with van der Waals surface area (Å²) in [5, 5.41) is 10.4. The highest BCUT2D eigenvalue weighted by Gasteiger charge is 2.40. The minimum absolute atomic E-state index is 0.196. The van der Waals surface area contributed by atoms with Crippen LogP contribution in [0, 0.1) is 15.5 Å². The first-order chi connectivity index (χ1) is 5.96. The molecule has 1 aliphatic carbocycles. The fourth-order valence-corrected chi connectivity index (χ4v) is 2.02. The van der Waals surface area contributed by atoms with Gasteiger partial charge >= 0.3 is 0 Å². The molecule has 2 atom stereocenters. The summed E-state index contributed by atoms with van der Waals surface area (Å²) in [6.45, 7) is 3.42. The molecule has 0 heterocycles. The minimum Gasteiger partial charge on any atom is -0.299 e.